The highest BCUT2D eigenvalue weighted by molar-refractivity contribution is 7.89. The van der Waals surface area contributed by atoms with E-state index in [-0.39, 0.29) is 29.6 Å². The standard InChI is InChI=1S/C15H17ClN2O6S/c1-10-15(11(2)24-18-10)25(20,21)17-9-14(19)23-8-7-22-13-5-3-12(16)4-6-13/h3-6,17H,7-9H2,1-2H3. The van der Waals surface area contributed by atoms with E-state index >= 15 is 0 Å². The molecule has 1 aromatic carbocycles. The van der Waals surface area contributed by atoms with Crippen LogP contribution in [-0.2, 0) is 19.6 Å². The molecule has 1 N–H and O–H groups in total. The van der Waals surface area contributed by atoms with E-state index in [0.29, 0.717) is 10.8 Å². The Hall–Kier alpha value is -2.10. The molecule has 0 bridgehead atoms. The third-order valence-electron chi connectivity index (χ3n) is 3.07. The van der Waals surface area contributed by atoms with Crippen molar-refractivity contribution >= 4 is 27.6 Å². The number of aryl methyl sites for hydroxylation is 2. The highest BCUT2D eigenvalue weighted by Gasteiger charge is 2.24. The van der Waals surface area contributed by atoms with Gasteiger partial charge >= 0.3 is 5.97 Å². The van der Waals surface area contributed by atoms with Gasteiger partial charge in [-0.1, -0.05) is 16.8 Å². The summed E-state index contributed by atoms with van der Waals surface area (Å²) in [5.74, 6) is 0.00401. The van der Waals surface area contributed by atoms with Gasteiger partial charge in [0.05, 0.1) is 0 Å². The Morgan fingerprint density at radius 3 is 2.52 bits per heavy atom. The predicted octanol–water partition coefficient (Wildman–Crippen LogP) is 1.85. The highest BCUT2D eigenvalue weighted by atomic mass is 35.5. The molecule has 0 unspecified atom stereocenters. The first-order valence-electron chi connectivity index (χ1n) is 7.26. The average Bonchev–Trinajstić information content (AvgIpc) is 2.91. The number of rotatable bonds is 8. The van der Waals surface area contributed by atoms with Crippen LogP contribution >= 0.6 is 11.6 Å². The lowest BCUT2D eigenvalue weighted by atomic mass is 10.3. The SMILES string of the molecule is Cc1noc(C)c1S(=O)(=O)NCC(=O)OCCOc1ccc(Cl)cc1. The predicted molar refractivity (Wildman–Crippen MR) is 89.1 cm³/mol. The fourth-order valence-electron chi connectivity index (χ4n) is 1.98. The van der Waals surface area contributed by atoms with Crippen LogP contribution in [0.15, 0.2) is 33.7 Å². The zero-order valence-corrected chi connectivity index (χ0v) is 15.2. The molecule has 0 spiro atoms. The molecule has 136 valence electrons. The molecule has 0 aliphatic carbocycles. The molecule has 0 atom stereocenters. The van der Waals surface area contributed by atoms with Crippen LogP contribution in [0.3, 0.4) is 0 Å². The van der Waals surface area contributed by atoms with E-state index in [0.717, 1.165) is 0 Å². The molecular formula is C15H17ClN2O6S. The van der Waals surface area contributed by atoms with E-state index in [1.807, 2.05) is 0 Å². The summed E-state index contributed by atoms with van der Waals surface area (Å²) in [5.41, 5.74) is 0.217. The molecule has 1 aromatic heterocycles. The van der Waals surface area contributed by atoms with Crippen LogP contribution in [0.4, 0.5) is 0 Å². The van der Waals surface area contributed by atoms with Crippen molar-refractivity contribution in [1.29, 1.82) is 0 Å². The number of sulfonamides is 1. The van der Waals surface area contributed by atoms with E-state index in [2.05, 4.69) is 9.88 Å². The number of carbonyl (C=O) groups excluding carboxylic acids is 1. The molecule has 0 saturated carbocycles. The Kier molecular flexibility index (Phi) is 6.40. The first-order chi connectivity index (χ1) is 11.8. The summed E-state index contributed by atoms with van der Waals surface area (Å²) in [6, 6.07) is 6.71. The van der Waals surface area contributed by atoms with Crippen LogP contribution in [0.2, 0.25) is 5.02 Å². The lowest BCUT2D eigenvalue weighted by Crippen LogP contribution is -2.31. The molecular weight excluding hydrogens is 372 g/mol. The third kappa shape index (κ3) is 5.45. The van der Waals surface area contributed by atoms with Crippen LogP contribution in [0.1, 0.15) is 11.5 Å². The van der Waals surface area contributed by atoms with Gasteiger partial charge in [-0.2, -0.15) is 4.72 Å². The van der Waals surface area contributed by atoms with Crippen molar-refractivity contribution in [1.82, 2.24) is 9.88 Å². The number of benzene rings is 1. The molecule has 8 nitrogen and oxygen atoms in total. The summed E-state index contributed by atoms with van der Waals surface area (Å²) in [6.45, 7) is 2.57. The number of halogens is 1. The maximum Gasteiger partial charge on any atom is 0.321 e. The second-order valence-corrected chi connectivity index (χ2v) is 7.14. The van der Waals surface area contributed by atoms with Crippen LogP contribution in [0, 0.1) is 13.8 Å². The smallest absolute Gasteiger partial charge is 0.321 e. The largest absolute Gasteiger partial charge is 0.490 e. The van der Waals surface area contributed by atoms with E-state index in [1.54, 1.807) is 24.3 Å². The monoisotopic (exact) mass is 388 g/mol. The number of ether oxygens (including phenoxy) is 2. The van der Waals surface area contributed by atoms with E-state index in [4.69, 9.17) is 25.6 Å². The number of nitrogens with one attached hydrogen (secondary N) is 1. The molecule has 0 fully saturated rings. The molecule has 0 radical (unpaired) electrons. The van der Waals surface area contributed by atoms with Gasteiger partial charge in [-0.05, 0) is 38.1 Å². The Labute approximate surface area is 150 Å². The van der Waals surface area contributed by atoms with Crippen LogP contribution in [0.5, 0.6) is 5.75 Å². The minimum Gasteiger partial charge on any atom is -0.490 e. The van der Waals surface area contributed by atoms with Gasteiger partial charge in [0.2, 0.25) is 10.0 Å². The number of aromatic nitrogens is 1. The van der Waals surface area contributed by atoms with Gasteiger partial charge in [-0.15, -0.1) is 0 Å². The first kappa shape index (κ1) is 19.2. The minimum absolute atomic E-state index is 0.0193. The van der Waals surface area contributed by atoms with E-state index in [9.17, 15) is 13.2 Å². The molecule has 10 heteroatoms. The molecule has 1 heterocycles. The topological polar surface area (TPSA) is 108 Å². The second-order valence-electron chi connectivity index (χ2n) is 5.00. The van der Waals surface area contributed by atoms with E-state index < -0.39 is 22.5 Å². The number of hydrogen-bond donors (Lipinski definition) is 1. The van der Waals surface area contributed by atoms with Gasteiger partial charge in [-0.25, -0.2) is 8.42 Å². The summed E-state index contributed by atoms with van der Waals surface area (Å²) in [5, 5.41) is 4.16. The lowest BCUT2D eigenvalue weighted by molar-refractivity contribution is -0.142. The summed E-state index contributed by atoms with van der Waals surface area (Å²) in [4.78, 5) is 11.5. The van der Waals surface area contributed by atoms with Crippen molar-refractivity contribution in [2.24, 2.45) is 0 Å². The zero-order valence-electron chi connectivity index (χ0n) is 13.6. The maximum atomic E-state index is 12.1. The fourth-order valence-corrected chi connectivity index (χ4v) is 3.40. The average molecular weight is 389 g/mol. The molecule has 2 aromatic rings. The first-order valence-corrected chi connectivity index (χ1v) is 9.12. The molecule has 2 rings (SSSR count). The lowest BCUT2D eigenvalue weighted by Gasteiger charge is -2.08. The summed E-state index contributed by atoms with van der Waals surface area (Å²) >= 11 is 5.75. The van der Waals surface area contributed by atoms with Crippen LogP contribution in [0.25, 0.3) is 0 Å². The molecule has 0 aliphatic rings. The van der Waals surface area contributed by atoms with Gasteiger partial charge in [-0.3, -0.25) is 4.79 Å². The third-order valence-corrected chi connectivity index (χ3v) is 4.97. The van der Waals surface area contributed by atoms with Crippen molar-refractivity contribution < 1.29 is 27.2 Å². The zero-order chi connectivity index (χ0) is 18.4. The fraction of sp³-hybridized carbons (Fsp3) is 0.333. The summed E-state index contributed by atoms with van der Waals surface area (Å²) in [6.07, 6.45) is 0. The Bertz CT molecular complexity index is 813. The van der Waals surface area contributed by atoms with Gasteiger partial charge in [0.25, 0.3) is 0 Å². The Balaban J connectivity index is 1.74. The van der Waals surface area contributed by atoms with Crippen molar-refractivity contribution in [3.05, 3.63) is 40.7 Å². The quantitative estimate of drug-likeness (QED) is 0.543. The number of nitrogens with zero attached hydrogens (tertiary/aromatic N) is 1. The minimum atomic E-state index is -3.90. The number of esters is 1. The highest BCUT2D eigenvalue weighted by Crippen LogP contribution is 2.18. The Morgan fingerprint density at radius 1 is 1.24 bits per heavy atom. The molecule has 0 amide bonds. The van der Waals surface area contributed by atoms with Crippen molar-refractivity contribution in [3.63, 3.8) is 0 Å². The molecule has 25 heavy (non-hydrogen) atoms. The number of hydrogen-bond acceptors (Lipinski definition) is 7. The van der Waals surface area contributed by atoms with Gasteiger partial charge in [0, 0.05) is 5.02 Å². The number of carbonyl (C=O) groups is 1. The van der Waals surface area contributed by atoms with E-state index in [1.165, 1.54) is 13.8 Å². The normalized spacial score (nSPS) is 11.3. The summed E-state index contributed by atoms with van der Waals surface area (Å²) < 4.78 is 41.5. The van der Waals surface area contributed by atoms with Crippen LogP contribution < -0.4 is 9.46 Å². The molecule has 0 aliphatic heterocycles. The second kappa shape index (κ2) is 8.32. The summed E-state index contributed by atoms with van der Waals surface area (Å²) in [7, 11) is -3.90. The van der Waals surface area contributed by atoms with Crippen molar-refractivity contribution in [2.75, 3.05) is 19.8 Å². The van der Waals surface area contributed by atoms with Gasteiger partial charge < -0.3 is 14.0 Å². The van der Waals surface area contributed by atoms with Gasteiger partial charge in [0.1, 0.15) is 36.1 Å². The Morgan fingerprint density at radius 2 is 1.92 bits per heavy atom. The van der Waals surface area contributed by atoms with Crippen molar-refractivity contribution in [2.45, 2.75) is 18.7 Å². The maximum absolute atomic E-state index is 12.1. The van der Waals surface area contributed by atoms with Gasteiger partial charge in [0.15, 0.2) is 5.76 Å². The van der Waals surface area contributed by atoms with Crippen LogP contribution in [-0.4, -0.2) is 39.3 Å². The molecule has 0 saturated heterocycles. The van der Waals surface area contributed by atoms with Crippen molar-refractivity contribution in [3.8, 4) is 5.75 Å².